The average molecular weight is 391 g/mol. The summed E-state index contributed by atoms with van der Waals surface area (Å²) < 4.78 is 5.37. The van der Waals surface area contributed by atoms with Crippen LogP contribution in [-0.4, -0.2) is 51.4 Å². The molecule has 2 aromatic heterocycles. The SMILES string of the molecule is COc1cccc(-c2cn[nH]c2C2CCCN(C(=O)c3cc(C4CC4)[nH]n3)C2)c1. The van der Waals surface area contributed by atoms with E-state index in [0.29, 0.717) is 18.2 Å². The van der Waals surface area contributed by atoms with Crippen LogP contribution in [0.2, 0.25) is 0 Å². The first kappa shape index (κ1) is 18.0. The molecule has 2 N–H and O–H groups in total. The second-order valence-corrected chi connectivity index (χ2v) is 8.00. The molecule has 1 aliphatic carbocycles. The molecule has 2 aliphatic rings. The molecule has 3 heterocycles. The summed E-state index contributed by atoms with van der Waals surface area (Å²) in [6.07, 6.45) is 6.23. The molecular weight excluding hydrogens is 366 g/mol. The zero-order chi connectivity index (χ0) is 19.8. The number of H-pyrrole nitrogens is 2. The Balaban J connectivity index is 1.35. The molecule has 1 amide bonds. The maximum Gasteiger partial charge on any atom is 0.274 e. The molecule has 1 saturated carbocycles. The summed E-state index contributed by atoms with van der Waals surface area (Å²) in [5.74, 6) is 1.62. The van der Waals surface area contributed by atoms with E-state index < -0.39 is 0 Å². The lowest BCUT2D eigenvalue weighted by Crippen LogP contribution is -2.39. The highest BCUT2D eigenvalue weighted by Gasteiger charge is 2.31. The largest absolute Gasteiger partial charge is 0.497 e. The quantitative estimate of drug-likeness (QED) is 0.694. The topological polar surface area (TPSA) is 86.9 Å². The van der Waals surface area contributed by atoms with Crippen molar-refractivity contribution in [3.63, 3.8) is 0 Å². The van der Waals surface area contributed by atoms with E-state index in [9.17, 15) is 4.79 Å². The minimum Gasteiger partial charge on any atom is -0.497 e. The minimum absolute atomic E-state index is 0.0142. The Hall–Kier alpha value is -3.09. The number of hydrogen-bond donors (Lipinski definition) is 2. The zero-order valence-electron chi connectivity index (χ0n) is 16.5. The van der Waals surface area contributed by atoms with Crippen molar-refractivity contribution < 1.29 is 9.53 Å². The normalized spacial score (nSPS) is 19.3. The van der Waals surface area contributed by atoms with Crippen LogP contribution in [0.3, 0.4) is 0 Å². The van der Waals surface area contributed by atoms with Crippen molar-refractivity contribution in [2.24, 2.45) is 0 Å². The lowest BCUT2D eigenvalue weighted by molar-refractivity contribution is 0.0700. The molecule has 7 heteroatoms. The van der Waals surface area contributed by atoms with Crippen LogP contribution in [0.1, 0.15) is 59.4 Å². The Morgan fingerprint density at radius 2 is 2.07 bits per heavy atom. The van der Waals surface area contributed by atoms with Crippen LogP contribution in [0.15, 0.2) is 36.5 Å². The van der Waals surface area contributed by atoms with Gasteiger partial charge in [-0.3, -0.25) is 15.0 Å². The van der Waals surface area contributed by atoms with E-state index >= 15 is 0 Å². The van der Waals surface area contributed by atoms with E-state index in [0.717, 1.165) is 47.7 Å². The lowest BCUT2D eigenvalue weighted by Gasteiger charge is -2.32. The fourth-order valence-electron chi connectivity index (χ4n) is 4.24. The summed E-state index contributed by atoms with van der Waals surface area (Å²) in [5.41, 5.74) is 4.84. The van der Waals surface area contributed by atoms with Gasteiger partial charge in [-0.2, -0.15) is 10.2 Å². The monoisotopic (exact) mass is 391 g/mol. The third kappa shape index (κ3) is 3.52. The molecule has 1 aromatic carbocycles. The molecule has 0 spiro atoms. The van der Waals surface area contributed by atoms with Crippen molar-refractivity contribution in [1.29, 1.82) is 0 Å². The number of benzene rings is 1. The third-order valence-corrected chi connectivity index (χ3v) is 6.00. The number of carbonyl (C=O) groups is 1. The van der Waals surface area contributed by atoms with Gasteiger partial charge in [0.25, 0.3) is 5.91 Å². The summed E-state index contributed by atoms with van der Waals surface area (Å²) in [6, 6.07) is 9.93. The van der Waals surface area contributed by atoms with Crippen molar-refractivity contribution in [1.82, 2.24) is 25.3 Å². The smallest absolute Gasteiger partial charge is 0.274 e. The summed E-state index contributed by atoms with van der Waals surface area (Å²) in [4.78, 5) is 14.9. The summed E-state index contributed by atoms with van der Waals surface area (Å²) in [5, 5.41) is 14.8. The zero-order valence-corrected chi connectivity index (χ0v) is 16.5. The number of piperidine rings is 1. The van der Waals surface area contributed by atoms with Crippen LogP contribution in [0.25, 0.3) is 11.1 Å². The van der Waals surface area contributed by atoms with E-state index in [1.807, 2.05) is 35.4 Å². The molecule has 1 unspecified atom stereocenters. The van der Waals surface area contributed by atoms with Gasteiger partial charge >= 0.3 is 0 Å². The van der Waals surface area contributed by atoms with Gasteiger partial charge < -0.3 is 9.64 Å². The Morgan fingerprint density at radius 3 is 2.90 bits per heavy atom. The predicted octanol–water partition coefficient (Wildman–Crippen LogP) is 3.71. The number of aromatic nitrogens is 4. The molecular formula is C22H25N5O2. The Bertz CT molecular complexity index is 1020. The van der Waals surface area contributed by atoms with Gasteiger partial charge in [-0.1, -0.05) is 12.1 Å². The Labute approximate surface area is 169 Å². The van der Waals surface area contributed by atoms with Crippen molar-refractivity contribution >= 4 is 5.91 Å². The standard InChI is InChI=1S/C22H25N5O2/c1-29-17-6-2-4-15(10-17)18-12-23-26-21(18)16-5-3-9-27(13-16)22(28)20-11-19(24-25-20)14-7-8-14/h2,4,6,10-12,14,16H,3,5,7-9,13H2,1H3,(H,23,26)(H,24,25). The molecule has 29 heavy (non-hydrogen) atoms. The highest BCUT2D eigenvalue weighted by atomic mass is 16.5. The first-order valence-electron chi connectivity index (χ1n) is 10.2. The van der Waals surface area contributed by atoms with E-state index in [-0.39, 0.29) is 11.8 Å². The van der Waals surface area contributed by atoms with Gasteiger partial charge in [0, 0.05) is 41.9 Å². The number of likely N-dealkylation sites (tertiary alicyclic amines) is 1. The van der Waals surface area contributed by atoms with E-state index in [2.05, 4.69) is 26.5 Å². The molecule has 0 bridgehead atoms. The molecule has 2 fully saturated rings. The van der Waals surface area contributed by atoms with Crippen LogP contribution >= 0.6 is 0 Å². The van der Waals surface area contributed by atoms with Gasteiger partial charge in [0.15, 0.2) is 0 Å². The lowest BCUT2D eigenvalue weighted by atomic mass is 9.90. The third-order valence-electron chi connectivity index (χ3n) is 6.00. The molecule has 150 valence electrons. The fraction of sp³-hybridized carbons (Fsp3) is 0.409. The van der Waals surface area contributed by atoms with Crippen molar-refractivity contribution in [3.8, 4) is 16.9 Å². The fourth-order valence-corrected chi connectivity index (χ4v) is 4.24. The minimum atomic E-state index is 0.0142. The van der Waals surface area contributed by atoms with Gasteiger partial charge in [0.1, 0.15) is 11.4 Å². The van der Waals surface area contributed by atoms with Crippen LogP contribution in [0, 0.1) is 0 Å². The number of nitrogens with zero attached hydrogens (tertiary/aromatic N) is 3. The van der Waals surface area contributed by atoms with Crippen molar-refractivity contribution in [2.45, 2.75) is 37.5 Å². The number of rotatable bonds is 5. The number of nitrogens with one attached hydrogen (secondary N) is 2. The number of amides is 1. The van der Waals surface area contributed by atoms with Gasteiger partial charge in [-0.25, -0.2) is 0 Å². The second-order valence-electron chi connectivity index (χ2n) is 8.00. The highest BCUT2D eigenvalue weighted by Crippen LogP contribution is 2.39. The van der Waals surface area contributed by atoms with Crippen molar-refractivity contribution in [2.75, 3.05) is 20.2 Å². The van der Waals surface area contributed by atoms with Crippen molar-refractivity contribution in [3.05, 3.63) is 53.6 Å². The van der Waals surface area contributed by atoms with Gasteiger partial charge in [0.05, 0.1) is 13.3 Å². The van der Waals surface area contributed by atoms with Crippen LogP contribution in [0.4, 0.5) is 0 Å². The molecule has 1 aliphatic heterocycles. The van der Waals surface area contributed by atoms with Gasteiger partial charge in [-0.05, 0) is 49.4 Å². The average Bonchev–Trinajstić information content (AvgIpc) is 3.29. The summed E-state index contributed by atoms with van der Waals surface area (Å²) in [6.45, 7) is 1.44. The number of aromatic amines is 2. The van der Waals surface area contributed by atoms with Gasteiger partial charge in [0.2, 0.25) is 0 Å². The number of hydrogen-bond acceptors (Lipinski definition) is 4. The predicted molar refractivity (Wildman–Crippen MR) is 109 cm³/mol. The maximum atomic E-state index is 13.0. The van der Waals surface area contributed by atoms with Crippen LogP contribution < -0.4 is 4.74 Å². The number of ether oxygens (including phenoxy) is 1. The molecule has 7 nitrogen and oxygen atoms in total. The van der Waals surface area contributed by atoms with Gasteiger partial charge in [-0.15, -0.1) is 0 Å². The number of methoxy groups -OCH3 is 1. The molecule has 5 rings (SSSR count). The maximum absolute atomic E-state index is 13.0. The summed E-state index contributed by atoms with van der Waals surface area (Å²) >= 11 is 0. The molecule has 1 atom stereocenters. The highest BCUT2D eigenvalue weighted by molar-refractivity contribution is 5.92. The van der Waals surface area contributed by atoms with E-state index in [1.54, 1.807) is 7.11 Å². The summed E-state index contributed by atoms with van der Waals surface area (Å²) in [7, 11) is 1.67. The molecule has 1 saturated heterocycles. The second kappa shape index (κ2) is 7.39. The van der Waals surface area contributed by atoms with Crippen LogP contribution in [-0.2, 0) is 0 Å². The first-order chi connectivity index (χ1) is 14.2. The van der Waals surface area contributed by atoms with E-state index in [1.165, 1.54) is 12.8 Å². The number of carbonyl (C=O) groups excluding carboxylic acids is 1. The van der Waals surface area contributed by atoms with E-state index in [4.69, 9.17) is 4.74 Å². The first-order valence-corrected chi connectivity index (χ1v) is 10.2. The molecule has 0 radical (unpaired) electrons. The van der Waals surface area contributed by atoms with Crippen LogP contribution in [0.5, 0.6) is 5.75 Å². The molecule has 3 aromatic rings. The Kier molecular flexibility index (Phi) is 4.58. The Morgan fingerprint density at radius 1 is 1.17 bits per heavy atom.